The van der Waals surface area contributed by atoms with Crippen molar-refractivity contribution in [3.05, 3.63) is 23.8 Å². The van der Waals surface area contributed by atoms with Gasteiger partial charge in [-0.3, -0.25) is 4.79 Å². The van der Waals surface area contributed by atoms with Crippen LogP contribution in [0.2, 0.25) is 0 Å². The van der Waals surface area contributed by atoms with Crippen molar-refractivity contribution < 1.29 is 23.8 Å². The van der Waals surface area contributed by atoms with Crippen LogP contribution in [0.4, 0.5) is 4.79 Å². The molecule has 0 bridgehead atoms. The fraction of sp³-hybridized carbons (Fsp3) is 0.636. The van der Waals surface area contributed by atoms with Crippen molar-refractivity contribution in [1.82, 2.24) is 10.2 Å². The van der Waals surface area contributed by atoms with Crippen LogP contribution in [0.1, 0.15) is 52.1 Å². The van der Waals surface area contributed by atoms with Crippen molar-refractivity contribution in [2.45, 2.75) is 46.6 Å². The first-order valence-corrected chi connectivity index (χ1v) is 10.4. The van der Waals surface area contributed by atoms with Gasteiger partial charge in [0.15, 0.2) is 11.5 Å². The summed E-state index contributed by atoms with van der Waals surface area (Å²) < 4.78 is 16.3. The van der Waals surface area contributed by atoms with Gasteiger partial charge in [-0.15, -0.1) is 0 Å². The van der Waals surface area contributed by atoms with Gasteiger partial charge in [-0.1, -0.05) is 19.9 Å². The fourth-order valence-corrected chi connectivity index (χ4v) is 3.28. The van der Waals surface area contributed by atoms with Crippen LogP contribution in [0.25, 0.3) is 0 Å². The Morgan fingerprint density at radius 1 is 1.17 bits per heavy atom. The van der Waals surface area contributed by atoms with Gasteiger partial charge in [0.25, 0.3) is 0 Å². The van der Waals surface area contributed by atoms with Crippen LogP contribution in [-0.4, -0.2) is 50.3 Å². The lowest BCUT2D eigenvalue weighted by atomic mass is 9.95. The molecule has 2 rings (SSSR count). The summed E-state index contributed by atoms with van der Waals surface area (Å²) in [6, 6.07) is 5.59. The predicted octanol–water partition coefficient (Wildman–Crippen LogP) is 3.78. The SMILES string of the molecule is CCOC(=O)N1CCC(C(=O)N[C@@H](C)c2ccc(OCC(C)C)c(OC)c2)CC1. The Labute approximate surface area is 173 Å². The average Bonchev–Trinajstić information content (AvgIpc) is 2.72. The second-order valence-corrected chi connectivity index (χ2v) is 7.81. The number of carbonyl (C=O) groups is 2. The molecule has 162 valence electrons. The molecular weight excluding hydrogens is 372 g/mol. The summed E-state index contributed by atoms with van der Waals surface area (Å²) in [5.41, 5.74) is 0.955. The van der Waals surface area contributed by atoms with Crippen molar-refractivity contribution in [2.24, 2.45) is 11.8 Å². The molecule has 7 heteroatoms. The van der Waals surface area contributed by atoms with Crippen LogP contribution in [-0.2, 0) is 9.53 Å². The molecule has 1 aliphatic rings. The highest BCUT2D eigenvalue weighted by atomic mass is 16.6. The van der Waals surface area contributed by atoms with E-state index in [2.05, 4.69) is 19.2 Å². The minimum atomic E-state index is -0.299. The molecule has 0 spiro atoms. The third kappa shape index (κ3) is 6.54. The molecule has 1 aliphatic heterocycles. The van der Waals surface area contributed by atoms with Crippen LogP contribution in [0.15, 0.2) is 18.2 Å². The second kappa shape index (κ2) is 10.9. The summed E-state index contributed by atoms with van der Waals surface area (Å²) in [6.07, 6.45) is 0.984. The fourth-order valence-electron chi connectivity index (χ4n) is 3.28. The van der Waals surface area contributed by atoms with E-state index in [1.54, 1.807) is 18.9 Å². The molecule has 1 fully saturated rings. The number of hydrogen-bond donors (Lipinski definition) is 1. The number of benzene rings is 1. The lowest BCUT2D eigenvalue weighted by Gasteiger charge is -2.31. The van der Waals surface area contributed by atoms with Gasteiger partial charge in [0, 0.05) is 19.0 Å². The minimum absolute atomic E-state index is 0.0140. The Bertz CT molecular complexity index is 684. The van der Waals surface area contributed by atoms with E-state index in [1.807, 2.05) is 25.1 Å². The molecule has 1 N–H and O–H groups in total. The van der Waals surface area contributed by atoms with E-state index in [0.717, 1.165) is 5.56 Å². The van der Waals surface area contributed by atoms with Gasteiger partial charge < -0.3 is 24.4 Å². The Kier molecular flexibility index (Phi) is 8.61. The minimum Gasteiger partial charge on any atom is -0.493 e. The van der Waals surface area contributed by atoms with E-state index in [-0.39, 0.29) is 24.0 Å². The van der Waals surface area contributed by atoms with Crippen LogP contribution in [0, 0.1) is 11.8 Å². The monoisotopic (exact) mass is 406 g/mol. The van der Waals surface area contributed by atoms with Crippen LogP contribution < -0.4 is 14.8 Å². The maximum Gasteiger partial charge on any atom is 0.409 e. The van der Waals surface area contributed by atoms with Crippen molar-refractivity contribution in [3.8, 4) is 11.5 Å². The van der Waals surface area contributed by atoms with E-state index >= 15 is 0 Å². The number of hydrogen-bond acceptors (Lipinski definition) is 5. The Morgan fingerprint density at radius 2 is 1.86 bits per heavy atom. The van der Waals surface area contributed by atoms with Crippen LogP contribution in [0.5, 0.6) is 11.5 Å². The van der Waals surface area contributed by atoms with Gasteiger partial charge in [-0.2, -0.15) is 0 Å². The molecule has 0 saturated carbocycles. The Balaban J connectivity index is 1.91. The molecular formula is C22H34N2O5. The number of amides is 2. The zero-order valence-electron chi connectivity index (χ0n) is 18.2. The summed E-state index contributed by atoms with van der Waals surface area (Å²) in [7, 11) is 1.61. The van der Waals surface area contributed by atoms with Gasteiger partial charge in [-0.05, 0) is 50.3 Å². The molecule has 29 heavy (non-hydrogen) atoms. The molecule has 1 aromatic rings. The molecule has 1 heterocycles. The number of methoxy groups -OCH3 is 1. The molecule has 0 aliphatic carbocycles. The first kappa shape index (κ1) is 22.8. The number of nitrogens with one attached hydrogen (secondary N) is 1. The highest BCUT2D eigenvalue weighted by Gasteiger charge is 2.28. The molecule has 7 nitrogen and oxygen atoms in total. The maximum atomic E-state index is 12.7. The standard InChI is InChI=1S/C22H34N2O5/c1-6-28-22(26)24-11-9-17(10-12-24)21(25)23-16(4)18-7-8-19(20(13-18)27-5)29-14-15(2)3/h7-8,13,15-17H,6,9-12,14H2,1-5H3,(H,23,25)/t16-/m0/s1. The number of nitrogens with zero attached hydrogens (tertiary/aromatic N) is 1. The maximum absolute atomic E-state index is 12.7. The Hall–Kier alpha value is -2.44. The summed E-state index contributed by atoms with van der Waals surface area (Å²) in [4.78, 5) is 26.1. The first-order chi connectivity index (χ1) is 13.8. The molecule has 1 saturated heterocycles. The lowest BCUT2D eigenvalue weighted by Crippen LogP contribution is -2.43. The number of rotatable bonds is 8. The Morgan fingerprint density at radius 3 is 2.45 bits per heavy atom. The third-order valence-corrected chi connectivity index (χ3v) is 5.01. The largest absolute Gasteiger partial charge is 0.493 e. The molecule has 0 radical (unpaired) electrons. The van der Waals surface area contributed by atoms with Crippen molar-refractivity contribution in [2.75, 3.05) is 33.4 Å². The van der Waals surface area contributed by atoms with Gasteiger partial charge in [0.05, 0.1) is 26.4 Å². The number of likely N-dealkylation sites (tertiary alicyclic amines) is 1. The molecule has 1 aromatic carbocycles. The summed E-state index contributed by atoms with van der Waals surface area (Å²) in [5, 5.41) is 3.09. The quantitative estimate of drug-likeness (QED) is 0.711. The smallest absolute Gasteiger partial charge is 0.409 e. The highest BCUT2D eigenvalue weighted by Crippen LogP contribution is 2.31. The highest BCUT2D eigenvalue weighted by molar-refractivity contribution is 5.79. The van der Waals surface area contributed by atoms with Gasteiger partial charge in [0.2, 0.25) is 5.91 Å². The van der Waals surface area contributed by atoms with E-state index in [4.69, 9.17) is 14.2 Å². The van der Waals surface area contributed by atoms with E-state index < -0.39 is 0 Å². The second-order valence-electron chi connectivity index (χ2n) is 7.81. The summed E-state index contributed by atoms with van der Waals surface area (Å²) >= 11 is 0. The lowest BCUT2D eigenvalue weighted by molar-refractivity contribution is -0.127. The van der Waals surface area contributed by atoms with Crippen LogP contribution >= 0.6 is 0 Å². The zero-order chi connectivity index (χ0) is 21.4. The number of carbonyl (C=O) groups excluding carboxylic acids is 2. The zero-order valence-corrected chi connectivity index (χ0v) is 18.2. The van der Waals surface area contributed by atoms with E-state index in [0.29, 0.717) is 56.6 Å². The van der Waals surface area contributed by atoms with Crippen molar-refractivity contribution in [3.63, 3.8) is 0 Å². The molecule has 0 aromatic heterocycles. The normalized spacial score (nSPS) is 15.7. The van der Waals surface area contributed by atoms with E-state index in [1.165, 1.54) is 0 Å². The molecule has 1 atom stereocenters. The topological polar surface area (TPSA) is 77.1 Å². The van der Waals surface area contributed by atoms with Crippen molar-refractivity contribution in [1.29, 1.82) is 0 Å². The third-order valence-electron chi connectivity index (χ3n) is 5.01. The number of ether oxygens (including phenoxy) is 3. The predicted molar refractivity (Wildman–Crippen MR) is 111 cm³/mol. The van der Waals surface area contributed by atoms with Crippen molar-refractivity contribution >= 4 is 12.0 Å². The molecule has 2 amide bonds. The first-order valence-electron chi connectivity index (χ1n) is 10.4. The average molecular weight is 407 g/mol. The molecule has 0 unspecified atom stereocenters. The van der Waals surface area contributed by atoms with Gasteiger partial charge in [0.1, 0.15) is 0 Å². The van der Waals surface area contributed by atoms with Gasteiger partial charge >= 0.3 is 6.09 Å². The summed E-state index contributed by atoms with van der Waals surface area (Å²) in [6.45, 7) is 9.99. The van der Waals surface area contributed by atoms with E-state index in [9.17, 15) is 9.59 Å². The van der Waals surface area contributed by atoms with Gasteiger partial charge in [-0.25, -0.2) is 4.79 Å². The summed E-state index contributed by atoms with van der Waals surface area (Å²) in [5.74, 6) is 1.70. The van der Waals surface area contributed by atoms with Crippen LogP contribution in [0.3, 0.4) is 0 Å². The number of piperidine rings is 1.